The van der Waals surface area contributed by atoms with E-state index in [1.54, 1.807) is 12.3 Å². The molecular weight excluding hydrogens is 77.8 g/mol. The highest BCUT2D eigenvalue weighted by Gasteiger charge is 2.08. The van der Waals surface area contributed by atoms with Crippen molar-refractivity contribution in [3.05, 3.63) is 0 Å². The van der Waals surface area contributed by atoms with Gasteiger partial charge in [-0.3, -0.25) is 0 Å². The van der Waals surface area contributed by atoms with Gasteiger partial charge < -0.3 is 0 Å². The minimum Gasteiger partial charge on any atom is -0.149 e. The average molecular weight is 85.9 g/mol. The molecule has 1 saturated heterocycles. The molecule has 0 aromatic rings. The first-order valence-corrected chi connectivity index (χ1v) is 4.24. The molecule has 0 saturated carbocycles. The van der Waals surface area contributed by atoms with Crippen molar-refractivity contribution in [1.29, 1.82) is 0 Å². The van der Waals surface area contributed by atoms with Gasteiger partial charge in [-0.2, -0.15) is 0 Å². The summed E-state index contributed by atoms with van der Waals surface area (Å²) < 4.78 is 0. The highest BCUT2D eigenvalue weighted by Crippen LogP contribution is 2.39. The van der Waals surface area contributed by atoms with E-state index >= 15 is 0 Å². The Balaban J connectivity index is 2.08. The molecule has 1 aliphatic rings. The molecule has 0 bridgehead atoms. The molecule has 28 valence electrons. The largest absolute Gasteiger partial charge is 0.149 e. The second-order valence-electron chi connectivity index (χ2n) is 1.66. The molecular formula is C3H8BP. The van der Waals surface area contributed by atoms with E-state index < -0.39 is 0 Å². The van der Waals surface area contributed by atoms with Gasteiger partial charge in [0.25, 0.3) is 0 Å². The van der Waals surface area contributed by atoms with Crippen LogP contribution in [-0.2, 0) is 0 Å². The topological polar surface area (TPSA) is 0 Å². The average Bonchev–Trinajstić information content (AvgIpc) is 1.30. The Morgan fingerprint density at radius 2 is 1.80 bits per heavy atom. The summed E-state index contributed by atoms with van der Waals surface area (Å²) >= 11 is 0. The first kappa shape index (κ1) is 3.68. The molecule has 1 rings (SSSR count). The molecule has 1 heterocycles. The Hall–Kier alpha value is 0.495. The van der Waals surface area contributed by atoms with Gasteiger partial charge in [-0.05, 0) is 18.7 Å². The molecule has 1 fully saturated rings. The van der Waals surface area contributed by atoms with Crippen LogP contribution in [0.2, 0.25) is 0 Å². The van der Waals surface area contributed by atoms with Crippen LogP contribution in [0.1, 0.15) is 6.42 Å². The van der Waals surface area contributed by atoms with E-state index in [1.165, 1.54) is 6.42 Å². The summed E-state index contributed by atoms with van der Waals surface area (Å²) in [6.07, 6.45) is 4.62. The number of hydrogen-bond acceptors (Lipinski definition) is 0. The van der Waals surface area contributed by atoms with Crippen molar-refractivity contribution < 1.29 is 0 Å². The second kappa shape index (κ2) is 1.30. The smallest absolute Gasteiger partial charge is 0.134 e. The van der Waals surface area contributed by atoms with E-state index in [2.05, 4.69) is 7.57 Å². The van der Waals surface area contributed by atoms with Crippen LogP contribution in [0.15, 0.2) is 0 Å². The fourth-order valence-corrected chi connectivity index (χ4v) is 1.42. The van der Waals surface area contributed by atoms with E-state index in [0.717, 1.165) is 0 Å². The van der Waals surface area contributed by atoms with Crippen molar-refractivity contribution >= 4 is 15.4 Å². The summed E-state index contributed by atoms with van der Waals surface area (Å²) in [5.41, 5.74) is 0. The molecule has 0 aromatic heterocycles. The zero-order valence-electron chi connectivity index (χ0n) is 3.57. The van der Waals surface area contributed by atoms with Gasteiger partial charge in [0.2, 0.25) is 0 Å². The Morgan fingerprint density at radius 1 is 1.40 bits per heavy atom. The maximum atomic E-state index is 2.37. The molecule has 0 aliphatic carbocycles. The van der Waals surface area contributed by atoms with Gasteiger partial charge >= 0.3 is 0 Å². The van der Waals surface area contributed by atoms with Crippen molar-refractivity contribution in [2.45, 2.75) is 6.42 Å². The maximum absolute atomic E-state index is 2.37. The van der Waals surface area contributed by atoms with Crippen molar-refractivity contribution in [2.24, 2.45) is 0 Å². The Kier molecular flexibility index (Phi) is 0.957. The lowest BCUT2D eigenvalue weighted by Gasteiger charge is -2.20. The van der Waals surface area contributed by atoms with E-state index in [1.807, 2.05) is 0 Å². The van der Waals surface area contributed by atoms with Crippen LogP contribution < -0.4 is 0 Å². The zero-order valence-corrected chi connectivity index (χ0v) is 4.46. The molecule has 0 nitrogen and oxygen atoms in total. The van der Waals surface area contributed by atoms with Crippen LogP contribution in [-0.4, -0.2) is 19.9 Å². The molecule has 0 spiro atoms. The highest BCUT2D eigenvalue weighted by atomic mass is 31.1. The lowest BCUT2D eigenvalue weighted by molar-refractivity contribution is 1.04. The minimum atomic E-state index is 0.582. The van der Waals surface area contributed by atoms with E-state index in [-0.39, 0.29) is 0 Å². The van der Waals surface area contributed by atoms with Crippen LogP contribution in [0, 0.1) is 0 Å². The summed E-state index contributed by atoms with van der Waals surface area (Å²) in [5, 5.41) is 0. The summed E-state index contributed by atoms with van der Waals surface area (Å²) in [5.74, 6) is 0. The lowest BCUT2D eigenvalue weighted by atomic mass is 10.5. The molecule has 2 heteroatoms. The Labute approximate surface area is 35.1 Å². The number of rotatable bonds is 0. The summed E-state index contributed by atoms with van der Waals surface area (Å²) in [7, 11) is 2.96. The molecule has 1 aliphatic heterocycles. The van der Waals surface area contributed by atoms with Gasteiger partial charge in [0.1, 0.15) is 7.57 Å². The fraction of sp³-hybridized carbons (Fsp3) is 1.00. The van der Waals surface area contributed by atoms with Crippen molar-refractivity contribution in [2.75, 3.05) is 12.3 Å². The predicted molar refractivity (Wildman–Crippen MR) is 29.8 cm³/mol. The van der Waals surface area contributed by atoms with Crippen LogP contribution in [0.3, 0.4) is 0 Å². The molecule has 0 N–H and O–H groups in total. The molecule has 0 radical (unpaired) electrons. The van der Waals surface area contributed by atoms with Crippen LogP contribution in [0.25, 0.3) is 0 Å². The molecule has 0 aromatic carbocycles. The van der Waals surface area contributed by atoms with Gasteiger partial charge in [0.15, 0.2) is 0 Å². The first-order valence-electron chi connectivity index (χ1n) is 2.08. The van der Waals surface area contributed by atoms with Crippen molar-refractivity contribution in [3.63, 3.8) is 0 Å². The molecule has 5 heavy (non-hydrogen) atoms. The SMILES string of the molecule is BP1CCC1. The van der Waals surface area contributed by atoms with Crippen molar-refractivity contribution in [1.82, 2.24) is 0 Å². The fourth-order valence-electron chi connectivity index (χ4n) is 0.474. The van der Waals surface area contributed by atoms with E-state index in [4.69, 9.17) is 0 Å². The first-order chi connectivity index (χ1) is 2.39. The van der Waals surface area contributed by atoms with Gasteiger partial charge in [-0.15, -0.1) is 7.80 Å². The molecule has 0 unspecified atom stereocenters. The normalized spacial score (nSPS) is 25.6. The van der Waals surface area contributed by atoms with Crippen LogP contribution in [0.5, 0.6) is 0 Å². The van der Waals surface area contributed by atoms with E-state index in [0.29, 0.717) is 7.80 Å². The second-order valence-corrected chi connectivity index (χ2v) is 4.26. The third-order valence-electron chi connectivity index (χ3n) is 1.08. The standard InChI is InChI=1S/C3H8BP/c4-5-2-1-3-5/h1-4H2. The van der Waals surface area contributed by atoms with Gasteiger partial charge in [-0.1, -0.05) is 0 Å². The van der Waals surface area contributed by atoms with Gasteiger partial charge in [0.05, 0.1) is 0 Å². The van der Waals surface area contributed by atoms with Crippen molar-refractivity contribution in [3.8, 4) is 0 Å². The molecule has 0 atom stereocenters. The monoisotopic (exact) mass is 86.0 g/mol. The Bertz CT molecular complexity index is 33.9. The lowest BCUT2D eigenvalue weighted by Crippen LogP contribution is -2.01. The third-order valence-corrected chi connectivity index (χ3v) is 3.24. The van der Waals surface area contributed by atoms with E-state index in [9.17, 15) is 0 Å². The van der Waals surface area contributed by atoms with Crippen LogP contribution >= 0.6 is 7.80 Å². The zero-order chi connectivity index (χ0) is 3.70. The third kappa shape index (κ3) is 0.663. The predicted octanol–water partition coefficient (Wildman–Crippen LogP) is 0.420. The molecule has 0 amide bonds. The van der Waals surface area contributed by atoms with Crippen LogP contribution in [0.4, 0.5) is 0 Å². The minimum absolute atomic E-state index is 0.582. The summed E-state index contributed by atoms with van der Waals surface area (Å²) in [6, 6.07) is 0. The summed E-state index contributed by atoms with van der Waals surface area (Å²) in [4.78, 5) is 0. The summed E-state index contributed by atoms with van der Waals surface area (Å²) in [6.45, 7) is 0. The quantitative estimate of drug-likeness (QED) is 0.296. The van der Waals surface area contributed by atoms with Gasteiger partial charge in [0, 0.05) is 0 Å². The number of hydrogen-bond donors (Lipinski definition) is 0. The highest BCUT2D eigenvalue weighted by molar-refractivity contribution is 7.83. The maximum Gasteiger partial charge on any atom is 0.134 e. The van der Waals surface area contributed by atoms with Gasteiger partial charge in [-0.25, -0.2) is 0 Å². The Morgan fingerprint density at radius 3 is 1.80 bits per heavy atom.